The summed E-state index contributed by atoms with van der Waals surface area (Å²) in [6.07, 6.45) is 1.14. The number of amides is 2. The van der Waals surface area contributed by atoms with Crippen molar-refractivity contribution in [3.63, 3.8) is 0 Å². The van der Waals surface area contributed by atoms with Gasteiger partial charge in [-0.1, -0.05) is 30.3 Å². The first-order valence-electron chi connectivity index (χ1n) is 7.29. The molecular formula is C16H20N2O4. The maximum Gasteiger partial charge on any atom is 0.328 e. The SMILES string of the molecule is COC(=O)[C@@H]1CC(CC(=O)NCCc2ccccc2)C(=O)N1. The predicted molar refractivity (Wildman–Crippen MR) is 79.8 cm³/mol. The van der Waals surface area contributed by atoms with Crippen LogP contribution in [0.1, 0.15) is 18.4 Å². The fourth-order valence-electron chi connectivity index (χ4n) is 2.50. The Balaban J connectivity index is 1.73. The second-order valence-corrected chi connectivity index (χ2v) is 5.31. The molecule has 118 valence electrons. The molecule has 2 atom stereocenters. The molecule has 0 aromatic heterocycles. The van der Waals surface area contributed by atoms with Gasteiger partial charge in [0.25, 0.3) is 0 Å². The maximum atomic E-state index is 11.9. The molecule has 1 aromatic rings. The summed E-state index contributed by atoms with van der Waals surface area (Å²) in [6, 6.07) is 9.20. The van der Waals surface area contributed by atoms with Crippen LogP contribution in [0.15, 0.2) is 30.3 Å². The molecule has 2 amide bonds. The number of esters is 1. The monoisotopic (exact) mass is 304 g/mol. The van der Waals surface area contributed by atoms with Crippen LogP contribution in [0.3, 0.4) is 0 Å². The van der Waals surface area contributed by atoms with Crippen molar-refractivity contribution < 1.29 is 19.1 Å². The summed E-state index contributed by atoms with van der Waals surface area (Å²) >= 11 is 0. The van der Waals surface area contributed by atoms with E-state index < -0.39 is 17.9 Å². The molecule has 1 aliphatic rings. The minimum Gasteiger partial charge on any atom is -0.467 e. The summed E-state index contributed by atoms with van der Waals surface area (Å²) in [7, 11) is 1.28. The van der Waals surface area contributed by atoms with E-state index in [2.05, 4.69) is 15.4 Å². The molecule has 1 aromatic carbocycles. The van der Waals surface area contributed by atoms with Crippen molar-refractivity contribution in [2.75, 3.05) is 13.7 Å². The number of nitrogens with one attached hydrogen (secondary N) is 2. The third-order valence-electron chi connectivity index (χ3n) is 3.70. The molecule has 1 aliphatic heterocycles. The average Bonchev–Trinajstić information content (AvgIpc) is 2.88. The first kappa shape index (κ1) is 16.0. The molecule has 0 bridgehead atoms. The van der Waals surface area contributed by atoms with Gasteiger partial charge in [-0.15, -0.1) is 0 Å². The third-order valence-corrected chi connectivity index (χ3v) is 3.70. The highest BCUT2D eigenvalue weighted by Crippen LogP contribution is 2.19. The first-order chi connectivity index (χ1) is 10.6. The summed E-state index contributed by atoms with van der Waals surface area (Å²) in [4.78, 5) is 35.0. The number of rotatable bonds is 6. The fourth-order valence-corrected chi connectivity index (χ4v) is 2.50. The Morgan fingerprint density at radius 3 is 2.73 bits per heavy atom. The highest BCUT2D eigenvalue weighted by molar-refractivity contribution is 5.92. The zero-order valence-corrected chi connectivity index (χ0v) is 12.5. The Morgan fingerprint density at radius 1 is 1.32 bits per heavy atom. The quantitative estimate of drug-likeness (QED) is 0.746. The van der Waals surface area contributed by atoms with Gasteiger partial charge >= 0.3 is 5.97 Å². The van der Waals surface area contributed by atoms with Crippen LogP contribution in [-0.4, -0.2) is 37.5 Å². The number of carbonyl (C=O) groups excluding carboxylic acids is 3. The number of hydrogen-bond donors (Lipinski definition) is 2. The van der Waals surface area contributed by atoms with E-state index in [1.807, 2.05) is 30.3 Å². The Morgan fingerprint density at radius 2 is 2.05 bits per heavy atom. The normalized spacial score (nSPS) is 20.3. The summed E-state index contributed by atoms with van der Waals surface area (Å²) in [5, 5.41) is 5.35. The van der Waals surface area contributed by atoms with Crippen LogP contribution in [-0.2, 0) is 25.5 Å². The highest BCUT2D eigenvalue weighted by Gasteiger charge is 2.37. The van der Waals surface area contributed by atoms with Crippen molar-refractivity contribution in [3.05, 3.63) is 35.9 Å². The van der Waals surface area contributed by atoms with Crippen LogP contribution >= 0.6 is 0 Å². The molecule has 6 heteroatoms. The summed E-state index contributed by atoms with van der Waals surface area (Å²) in [5.41, 5.74) is 1.15. The molecule has 2 rings (SSSR count). The van der Waals surface area contributed by atoms with Crippen LogP contribution in [0, 0.1) is 5.92 Å². The van der Waals surface area contributed by atoms with Gasteiger partial charge < -0.3 is 15.4 Å². The van der Waals surface area contributed by atoms with Gasteiger partial charge in [0.2, 0.25) is 11.8 Å². The van der Waals surface area contributed by atoms with Crippen molar-refractivity contribution >= 4 is 17.8 Å². The Labute approximate surface area is 129 Å². The van der Waals surface area contributed by atoms with Crippen molar-refractivity contribution in [1.29, 1.82) is 0 Å². The van der Waals surface area contributed by atoms with Gasteiger partial charge in [0.1, 0.15) is 6.04 Å². The van der Waals surface area contributed by atoms with E-state index in [0.29, 0.717) is 13.0 Å². The van der Waals surface area contributed by atoms with E-state index in [1.165, 1.54) is 7.11 Å². The zero-order chi connectivity index (χ0) is 15.9. The summed E-state index contributed by atoms with van der Waals surface area (Å²) < 4.78 is 4.60. The van der Waals surface area contributed by atoms with Crippen LogP contribution in [0.25, 0.3) is 0 Å². The van der Waals surface area contributed by atoms with Crippen molar-refractivity contribution in [2.45, 2.75) is 25.3 Å². The van der Waals surface area contributed by atoms with Gasteiger partial charge in [-0.2, -0.15) is 0 Å². The second kappa shape index (κ2) is 7.59. The standard InChI is InChI=1S/C16H20N2O4/c1-22-16(21)13-9-12(15(20)18-13)10-14(19)17-8-7-11-5-3-2-4-6-11/h2-6,12-13H,7-10H2,1H3,(H,17,19)(H,18,20)/t12?,13-/m0/s1. The van der Waals surface area contributed by atoms with Gasteiger partial charge in [-0.25, -0.2) is 4.79 Å². The average molecular weight is 304 g/mol. The molecule has 0 radical (unpaired) electrons. The largest absolute Gasteiger partial charge is 0.467 e. The van der Waals surface area contributed by atoms with Gasteiger partial charge in [0, 0.05) is 18.9 Å². The first-order valence-corrected chi connectivity index (χ1v) is 7.29. The van der Waals surface area contributed by atoms with E-state index >= 15 is 0 Å². The molecule has 1 unspecified atom stereocenters. The fraction of sp³-hybridized carbons (Fsp3) is 0.438. The van der Waals surface area contributed by atoms with Gasteiger partial charge in [-0.05, 0) is 18.4 Å². The molecule has 2 N–H and O–H groups in total. The van der Waals surface area contributed by atoms with Crippen LogP contribution < -0.4 is 10.6 Å². The van der Waals surface area contributed by atoms with Crippen molar-refractivity contribution in [3.8, 4) is 0 Å². The minimum atomic E-state index is -0.639. The highest BCUT2D eigenvalue weighted by atomic mass is 16.5. The van der Waals surface area contributed by atoms with E-state index in [1.54, 1.807) is 0 Å². The summed E-state index contributed by atoms with van der Waals surface area (Å²) in [5.74, 6) is -1.39. The van der Waals surface area contributed by atoms with E-state index in [4.69, 9.17) is 0 Å². The van der Waals surface area contributed by atoms with E-state index in [0.717, 1.165) is 12.0 Å². The maximum absolute atomic E-state index is 11.9. The van der Waals surface area contributed by atoms with E-state index in [9.17, 15) is 14.4 Å². The zero-order valence-electron chi connectivity index (χ0n) is 12.5. The minimum absolute atomic E-state index is 0.0914. The Bertz CT molecular complexity index is 544. The Hall–Kier alpha value is -2.37. The summed E-state index contributed by atoms with van der Waals surface area (Å²) in [6.45, 7) is 0.525. The number of methoxy groups -OCH3 is 1. The van der Waals surface area contributed by atoms with Crippen LogP contribution in [0.4, 0.5) is 0 Å². The number of hydrogen-bond acceptors (Lipinski definition) is 4. The smallest absolute Gasteiger partial charge is 0.328 e. The lowest BCUT2D eigenvalue weighted by Crippen LogP contribution is -2.34. The topological polar surface area (TPSA) is 84.5 Å². The van der Waals surface area contributed by atoms with E-state index in [-0.39, 0.29) is 18.2 Å². The van der Waals surface area contributed by atoms with Gasteiger partial charge in [-0.3, -0.25) is 9.59 Å². The van der Waals surface area contributed by atoms with Gasteiger partial charge in [0.15, 0.2) is 0 Å². The molecule has 1 saturated heterocycles. The lowest BCUT2D eigenvalue weighted by molar-refractivity contribution is -0.143. The molecule has 1 fully saturated rings. The number of benzene rings is 1. The predicted octanol–water partition coefficient (Wildman–Crippen LogP) is 0.413. The van der Waals surface area contributed by atoms with Gasteiger partial charge in [0.05, 0.1) is 7.11 Å². The van der Waals surface area contributed by atoms with Crippen LogP contribution in [0.5, 0.6) is 0 Å². The molecule has 0 aliphatic carbocycles. The molecular weight excluding hydrogens is 284 g/mol. The molecule has 0 spiro atoms. The van der Waals surface area contributed by atoms with Crippen molar-refractivity contribution in [2.24, 2.45) is 5.92 Å². The number of carbonyl (C=O) groups is 3. The van der Waals surface area contributed by atoms with Crippen molar-refractivity contribution in [1.82, 2.24) is 10.6 Å². The molecule has 22 heavy (non-hydrogen) atoms. The Kier molecular flexibility index (Phi) is 5.52. The molecule has 6 nitrogen and oxygen atoms in total. The molecule has 1 heterocycles. The molecule has 0 saturated carbocycles. The lowest BCUT2D eigenvalue weighted by atomic mass is 10.0. The lowest BCUT2D eigenvalue weighted by Gasteiger charge is -2.08. The number of ether oxygens (including phenoxy) is 1. The van der Waals surface area contributed by atoms with Crippen LogP contribution in [0.2, 0.25) is 0 Å². The third kappa shape index (κ3) is 4.31. The second-order valence-electron chi connectivity index (χ2n) is 5.31.